The van der Waals surface area contributed by atoms with E-state index >= 15 is 0 Å². The first kappa shape index (κ1) is 17.3. The molecule has 0 fully saturated rings. The van der Waals surface area contributed by atoms with Gasteiger partial charge in [-0.1, -0.05) is 13.8 Å². The van der Waals surface area contributed by atoms with E-state index in [1.165, 1.54) is 24.2 Å². The molecule has 0 aromatic carbocycles. The first-order valence-corrected chi connectivity index (χ1v) is 7.75. The standard InChI is InChI=1S/C14H21F3N2S/c1-11(2)4-3-7-18-8-9-20-13-6-5-12(10-19-13)14(15,16)17/h5-6,10-11,18H,3-4,7-9H2,1-2H3. The van der Waals surface area contributed by atoms with Crippen molar-refractivity contribution in [3.05, 3.63) is 23.9 Å². The summed E-state index contributed by atoms with van der Waals surface area (Å²) in [5, 5.41) is 3.94. The van der Waals surface area contributed by atoms with Crippen molar-refractivity contribution in [2.24, 2.45) is 5.92 Å². The Morgan fingerprint density at radius 1 is 1.25 bits per heavy atom. The highest BCUT2D eigenvalue weighted by atomic mass is 32.2. The molecule has 20 heavy (non-hydrogen) atoms. The molecule has 1 heterocycles. The first-order chi connectivity index (χ1) is 9.39. The Bertz CT molecular complexity index is 377. The zero-order chi connectivity index (χ0) is 15.0. The van der Waals surface area contributed by atoms with Gasteiger partial charge in [-0.25, -0.2) is 4.98 Å². The van der Waals surface area contributed by atoms with Crippen molar-refractivity contribution < 1.29 is 13.2 Å². The molecule has 1 aromatic rings. The lowest BCUT2D eigenvalue weighted by atomic mass is 10.1. The van der Waals surface area contributed by atoms with E-state index in [4.69, 9.17) is 0 Å². The second-order valence-corrected chi connectivity index (χ2v) is 6.13. The molecule has 1 N–H and O–H groups in total. The van der Waals surface area contributed by atoms with Crippen LogP contribution in [0.1, 0.15) is 32.3 Å². The largest absolute Gasteiger partial charge is 0.417 e. The SMILES string of the molecule is CC(C)CCCNCCSc1ccc(C(F)(F)F)cn1. The van der Waals surface area contributed by atoms with Crippen molar-refractivity contribution in [2.75, 3.05) is 18.8 Å². The molecule has 2 nitrogen and oxygen atoms in total. The van der Waals surface area contributed by atoms with E-state index in [1.807, 2.05) is 0 Å². The maximum absolute atomic E-state index is 12.3. The van der Waals surface area contributed by atoms with Crippen molar-refractivity contribution in [3.63, 3.8) is 0 Å². The van der Waals surface area contributed by atoms with E-state index < -0.39 is 11.7 Å². The van der Waals surface area contributed by atoms with E-state index in [1.54, 1.807) is 0 Å². The average molecular weight is 306 g/mol. The first-order valence-electron chi connectivity index (χ1n) is 6.76. The van der Waals surface area contributed by atoms with Gasteiger partial charge in [-0.15, -0.1) is 11.8 Å². The maximum atomic E-state index is 12.3. The fourth-order valence-electron chi connectivity index (χ4n) is 1.62. The lowest BCUT2D eigenvalue weighted by molar-refractivity contribution is -0.137. The highest BCUT2D eigenvalue weighted by Gasteiger charge is 2.30. The summed E-state index contributed by atoms with van der Waals surface area (Å²) in [5.74, 6) is 1.53. The van der Waals surface area contributed by atoms with E-state index in [0.29, 0.717) is 5.03 Å². The van der Waals surface area contributed by atoms with Gasteiger partial charge in [-0.05, 0) is 37.4 Å². The molecule has 0 radical (unpaired) electrons. The summed E-state index contributed by atoms with van der Waals surface area (Å²) in [5.41, 5.74) is -0.700. The zero-order valence-corrected chi connectivity index (χ0v) is 12.7. The quantitative estimate of drug-likeness (QED) is 0.575. The van der Waals surface area contributed by atoms with Crippen LogP contribution in [0.15, 0.2) is 23.4 Å². The number of alkyl halides is 3. The Labute approximate surface area is 122 Å². The number of rotatable bonds is 8. The van der Waals surface area contributed by atoms with Crippen LogP contribution in [0.4, 0.5) is 13.2 Å². The summed E-state index contributed by atoms with van der Waals surface area (Å²) in [7, 11) is 0. The summed E-state index contributed by atoms with van der Waals surface area (Å²) in [6.45, 7) is 6.23. The van der Waals surface area contributed by atoms with Crippen molar-refractivity contribution in [3.8, 4) is 0 Å². The number of hydrogen-bond donors (Lipinski definition) is 1. The Balaban J connectivity index is 2.16. The minimum atomic E-state index is -4.31. The Kier molecular flexibility index (Phi) is 7.37. The van der Waals surface area contributed by atoms with Crippen LogP contribution in [-0.2, 0) is 6.18 Å². The second-order valence-electron chi connectivity index (χ2n) is 5.02. The van der Waals surface area contributed by atoms with Gasteiger partial charge in [0.15, 0.2) is 0 Å². The van der Waals surface area contributed by atoms with Crippen LogP contribution >= 0.6 is 11.8 Å². The number of pyridine rings is 1. The molecular weight excluding hydrogens is 285 g/mol. The smallest absolute Gasteiger partial charge is 0.316 e. The van der Waals surface area contributed by atoms with Gasteiger partial charge in [0.05, 0.1) is 10.6 Å². The van der Waals surface area contributed by atoms with Crippen LogP contribution in [0.2, 0.25) is 0 Å². The van der Waals surface area contributed by atoms with Gasteiger partial charge < -0.3 is 5.32 Å². The van der Waals surface area contributed by atoms with Crippen molar-refractivity contribution in [1.29, 1.82) is 0 Å². The third kappa shape index (κ3) is 7.14. The maximum Gasteiger partial charge on any atom is 0.417 e. The highest BCUT2D eigenvalue weighted by molar-refractivity contribution is 7.99. The summed E-state index contributed by atoms with van der Waals surface area (Å²) in [6, 6.07) is 2.50. The van der Waals surface area contributed by atoms with Crippen LogP contribution in [0.3, 0.4) is 0 Å². The van der Waals surface area contributed by atoms with E-state index in [-0.39, 0.29) is 0 Å². The van der Waals surface area contributed by atoms with Crippen LogP contribution in [0.5, 0.6) is 0 Å². The molecule has 0 spiro atoms. The molecule has 0 aliphatic heterocycles. The third-order valence-electron chi connectivity index (χ3n) is 2.73. The molecule has 1 aromatic heterocycles. The molecule has 6 heteroatoms. The van der Waals surface area contributed by atoms with Gasteiger partial charge in [0.25, 0.3) is 0 Å². The summed E-state index contributed by atoms with van der Waals surface area (Å²) in [4.78, 5) is 3.82. The van der Waals surface area contributed by atoms with Crippen molar-refractivity contribution >= 4 is 11.8 Å². The van der Waals surface area contributed by atoms with Gasteiger partial charge in [0, 0.05) is 18.5 Å². The summed E-state index contributed by atoms with van der Waals surface area (Å²) >= 11 is 1.46. The van der Waals surface area contributed by atoms with Gasteiger partial charge in [-0.2, -0.15) is 13.2 Å². The Hall–Kier alpha value is -0.750. The van der Waals surface area contributed by atoms with Crippen LogP contribution in [-0.4, -0.2) is 23.8 Å². The predicted octanol–water partition coefficient (Wildman–Crippen LogP) is 4.22. The number of nitrogens with zero attached hydrogens (tertiary/aromatic N) is 1. The number of thioether (sulfide) groups is 1. The summed E-state index contributed by atoms with van der Waals surface area (Å²) in [6.07, 6.45) is -1.06. The van der Waals surface area contributed by atoms with Crippen molar-refractivity contribution in [1.82, 2.24) is 10.3 Å². The second kappa shape index (κ2) is 8.52. The molecule has 0 saturated heterocycles. The number of hydrogen-bond acceptors (Lipinski definition) is 3. The lowest BCUT2D eigenvalue weighted by Crippen LogP contribution is -2.18. The molecule has 0 aliphatic carbocycles. The monoisotopic (exact) mass is 306 g/mol. The van der Waals surface area contributed by atoms with Crippen LogP contribution < -0.4 is 5.32 Å². The van der Waals surface area contributed by atoms with E-state index in [2.05, 4.69) is 24.1 Å². The van der Waals surface area contributed by atoms with E-state index in [9.17, 15) is 13.2 Å². The summed E-state index contributed by atoms with van der Waals surface area (Å²) < 4.78 is 37.0. The molecule has 0 saturated carbocycles. The molecule has 1 rings (SSSR count). The fraction of sp³-hybridized carbons (Fsp3) is 0.643. The van der Waals surface area contributed by atoms with Crippen LogP contribution in [0.25, 0.3) is 0 Å². The number of nitrogens with one attached hydrogen (secondary N) is 1. The molecule has 114 valence electrons. The average Bonchev–Trinajstić information content (AvgIpc) is 2.37. The molecule has 0 atom stereocenters. The molecular formula is C14H21F3N2S. The highest BCUT2D eigenvalue weighted by Crippen LogP contribution is 2.29. The zero-order valence-electron chi connectivity index (χ0n) is 11.8. The Morgan fingerprint density at radius 3 is 2.55 bits per heavy atom. The number of halogens is 3. The fourth-order valence-corrected chi connectivity index (χ4v) is 2.37. The third-order valence-corrected chi connectivity index (χ3v) is 3.67. The molecule has 0 unspecified atom stereocenters. The van der Waals surface area contributed by atoms with Gasteiger partial charge in [0.1, 0.15) is 0 Å². The van der Waals surface area contributed by atoms with Gasteiger partial charge in [0.2, 0.25) is 0 Å². The minimum Gasteiger partial charge on any atom is -0.316 e. The van der Waals surface area contributed by atoms with E-state index in [0.717, 1.165) is 43.4 Å². The Morgan fingerprint density at radius 2 is 2.00 bits per heavy atom. The molecule has 0 bridgehead atoms. The topological polar surface area (TPSA) is 24.9 Å². The number of aromatic nitrogens is 1. The van der Waals surface area contributed by atoms with Gasteiger partial charge in [-0.3, -0.25) is 0 Å². The molecule has 0 amide bonds. The van der Waals surface area contributed by atoms with Gasteiger partial charge >= 0.3 is 6.18 Å². The van der Waals surface area contributed by atoms with Crippen LogP contribution in [0, 0.1) is 5.92 Å². The molecule has 0 aliphatic rings. The van der Waals surface area contributed by atoms with Crippen molar-refractivity contribution in [2.45, 2.75) is 37.9 Å². The minimum absolute atomic E-state index is 0.627. The predicted molar refractivity (Wildman–Crippen MR) is 76.9 cm³/mol. The normalized spacial score (nSPS) is 12.1. The lowest BCUT2D eigenvalue weighted by Gasteiger charge is -2.07.